The number of hydrogen-bond acceptors (Lipinski definition) is 2. The third kappa shape index (κ3) is 2.88. The third-order valence-corrected chi connectivity index (χ3v) is 5.04. The van der Waals surface area contributed by atoms with Crippen molar-refractivity contribution in [2.75, 3.05) is 0 Å². The average Bonchev–Trinajstić information content (AvgIpc) is 3.05. The molecule has 0 fully saturated rings. The number of nitrogens with zero attached hydrogens (tertiary/aromatic N) is 2. The van der Waals surface area contributed by atoms with Gasteiger partial charge in [0, 0.05) is 23.0 Å². The molecular weight excluding hydrogens is 350 g/mol. The molecule has 0 radical (unpaired) electrons. The fraction of sp³-hybridized carbons (Fsp3) is 0.100. The maximum Gasteiger partial charge on any atom is 0.205 e. The molecule has 0 bridgehead atoms. The maximum absolute atomic E-state index is 6.01. The Morgan fingerprint density at radius 3 is 2.44 bits per heavy atom. The smallest absolute Gasteiger partial charge is 0.205 e. The predicted molar refractivity (Wildman–Crippen MR) is 106 cm³/mol. The molecule has 0 aliphatic rings. The highest BCUT2D eigenvalue weighted by atomic mass is 35.5. The van der Waals surface area contributed by atoms with Crippen LogP contribution < -0.4 is 0 Å². The van der Waals surface area contributed by atoms with Gasteiger partial charge in [-0.3, -0.25) is 4.40 Å². The molecule has 2 heterocycles. The minimum atomic E-state index is 0.527. The molecule has 0 aliphatic heterocycles. The summed E-state index contributed by atoms with van der Waals surface area (Å²) in [6.45, 7) is 4.23. The van der Waals surface area contributed by atoms with Gasteiger partial charge in [0.05, 0.1) is 5.69 Å². The van der Waals surface area contributed by atoms with Crippen molar-refractivity contribution >= 4 is 29.5 Å². The molecule has 4 aromatic rings. The van der Waals surface area contributed by atoms with Crippen molar-refractivity contribution in [1.82, 2.24) is 14.4 Å². The second kappa shape index (κ2) is 6.14. The van der Waals surface area contributed by atoms with E-state index in [4.69, 9.17) is 23.8 Å². The largest absolute Gasteiger partial charge is 0.339 e. The van der Waals surface area contributed by atoms with Crippen LogP contribution in [0, 0.1) is 18.6 Å². The molecule has 25 heavy (non-hydrogen) atoms. The van der Waals surface area contributed by atoms with Crippen LogP contribution in [0.15, 0.2) is 54.9 Å². The number of imidazole rings is 1. The van der Waals surface area contributed by atoms with Gasteiger partial charge < -0.3 is 4.98 Å². The first-order valence-electron chi connectivity index (χ1n) is 7.97. The summed E-state index contributed by atoms with van der Waals surface area (Å²) in [7, 11) is 0. The van der Waals surface area contributed by atoms with Gasteiger partial charge in [0.1, 0.15) is 5.65 Å². The first-order chi connectivity index (χ1) is 12.0. The summed E-state index contributed by atoms with van der Waals surface area (Å²) in [6, 6.07) is 14.2. The normalized spacial score (nSPS) is 11.2. The SMILES string of the molecule is Cc1ccc(-c2cn3c(=S)ncc(-c4ccc(Cl)cc4)c3[nH]2)cc1C. The monoisotopic (exact) mass is 365 g/mol. The van der Waals surface area contributed by atoms with E-state index in [1.54, 1.807) is 0 Å². The van der Waals surface area contributed by atoms with Crippen LogP contribution in [0.5, 0.6) is 0 Å². The summed E-state index contributed by atoms with van der Waals surface area (Å²) in [6.07, 6.45) is 3.82. The summed E-state index contributed by atoms with van der Waals surface area (Å²) >= 11 is 11.4. The number of fused-ring (bicyclic) bond motifs is 1. The molecule has 0 amide bonds. The number of benzene rings is 2. The molecule has 4 rings (SSSR count). The number of aryl methyl sites for hydroxylation is 2. The molecule has 0 unspecified atom stereocenters. The van der Waals surface area contributed by atoms with Crippen molar-refractivity contribution < 1.29 is 0 Å². The lowest BCUT2D eigenvalue weighted by molar-refractivity contribution is 1.06. The van der Waals surface area contributed by atoms with Gasteiger partial charge in [-0.15, -0.1) is 0 Å². The van der Waals surface area contributed by atoms with Gasteiger partial charge in [0.25, 0.3) is 0 Å². The summed E-state index contributed by atoms with van der Waals surface area (Å²) < 4.78 is 2.45. The minimum Gasteiger partial charge on any atom is -0.339 e. The van der Waals surface area contributed by atoms with Gasteiger partial charge >= 0.3 is 0 Å². The second-order valence-electron chi connectivity index (χ2n) is 6.15. The van der Waals surface area contributed by atoms with Gasteiger partial charge in [0.15, 0.2) is 0 Å². The summed E-state index contributed by atoms with van der Waals surface area (Å²) in [5.74, 6) is 0. The van der Waals surface area contributed by atoms with E-state index in [2.05, 4.69) is 42.0 Å². The molecule has 5 heteroatoms. The zero-order valence-corrected chi connectivity index (χ0v) is 15.4. The summed E-state index contributed by atoms with van der Waals surface area (Å²) in [4.78, 5) is 7.87. The Morgan fingerprint density at radius 2 is 1.72 bits per heavy atom. The van der Waals surface area contributed by atoms with Crippen molar-refractivity contribution in [1.29, 1.82) is 0 Å². The van der Waals surface area contributed by atoms with Crippen molar-refractivity contribution in [2.45, 2.75) is 13.8 Å². The first kappa shape index (κ1) is 16.1. The van der Waals surface area contributed by atoms with Crippen molar-refractivity contribution in [3.05, 3.63) is 75.8 Å². The lowest BCUT2D eigenvalue weighted by Gasteiger charge is -2.04. The summed E-state index contributed by atoms with van der Waals surface area (Å²) in [5, 5.41) is 0.711. The number of aromatic nitrogens is 3. The Bertz CT molecular complexity index is 1140. The van der Waals surface area contributed by atoms with Crippen LogP contribution in [-0.2, 0) is 0 Å². The van der Waals surface area contributed by atoms with Gasteiger partial charge in [-0.1, -0.05) is 35.9 Å². The van der Waals surface area contributed by atoms with E-state index in [-0.39, 0.29) is 0 Å². The highest BCUT2D eigenvalue weighted by Crippen LogP contribution is 2.28. The zero-order valence-electron chi connectivity index (χ0n) is 13.9. The van der Waals surface area contributed by atoms with Crippen LogP contribution in [-0.4, -0.2) is 14.4 Å². The fourth-order valence-corrected chi connectivity index (χ4v) is 3.22. The van der Waals surface area contributed by atoms with Crippen molar-refractivity contribution in [3.63, 3.8) is 0 Å². The molecule has 0 saturated heterocycles. The molecule has 0 saturated carbocycles. The quantitative estimate of drug-likeness (QED) is 0.442. The zero-order chi connectivity index (χ0) is 17.6. The Morgan fingerprint density at radius 1 is 1.00 bits per heavy atom. The van der Waals surface area contributed by atoms with Gasteiger partial charge in [-0.2, -0.15) is 0 Å². The molecule has 0 atom stereocenters. The van der Waals surface area contributed by atoms with E-state index in [1.165, 1.54) is 11.1 Å². The molecule has 124 valence electrons. The van der Waals surface area contributed by atoms with E-state index in [0.29, 0.717) is 9.79 Å². The van der Waals surface area contributed by atoms with Crippen LogP contribution in [0.4, 0.5) is 0 Å². The molecule has 2 aromatic carbocycles. The topological polar surface area (TPSA) is 33.1 Å². The number of nitrogens with one attached hydrogen (secondary N) is 1. The van der Waals surface area contributed by atoms with Crippen molar-refractivity contribution in [2.24, 2.45) is 0 Å². The van der Waals surface area contributed by atoms with Crippen LogP contribution in [0.3, 0.4) is 0 Å². The minimum absolute atomic E-state index is 0.527. The van der Waals surface area contributed by atoms with Crippen LogP contribution in [0.25, 0.3) is 28.0 Å². The average molecular weight is 366 g/mol. The van der Waals surface area contributed by atoms with E-state index in [9.17, 15) is 0 Å². The van der Waals surface area contributed by atoms with Gasteiger partial charge in [0.2, 0.25) is 4.77 Å². The standard InChI is InChI=1S/C20H16ClN3S/c1-12-3-4-15(9-13(12)2)18-11-24-19(23-18)17(10-22-20(24)25)14-5-7-16(21)8-6-14/h3-11,23H,1-2H3. The Kier molecular flexibility index (Phi) is 3.94. The Balaban J connectivity index is 1.94. The van der Waals surface area contributed by atoms with E-state index < -0.39 is 0 Å². The van der Waals surface area contributed by atoms with E-state index >= 15 is 0 Å². The number of hydrogen-bond donors (Lipinski definition) is 1. The van der Waals surface area contributed by atoms with E-state index in [1.807, 2.05) is 41.1 Å². The highest BCUT2D eigenvalue weighted by Gasteiger charge is 2.11. The molecule has 0 spiro atoms. The lowest BCUT2D eigenvalue weighted by atomic mass is 10.0. The number of rotatable bonds is 2. The van der Waals surface area contributed by atoms with Crippen LogP contribution in [0.1, 0.15) is 11.1 Å². The van der Waals surface area contributed by atoms with Crippen LogP contribution >= 0.6 is 23.8 Å². The molecule has 2 aromatic heterocycles. The van der Waals surface area contributed by atoms with E-state index in [0.717, 1.165) is 28.0 Å². The first-order valence-corrected chi connectivity index (χ1v) is 8.75. The summed E-state index contributed by atoms with van der Waals surface area (Å²) in [5.41, 5.74) is 7.63. The molecule has 1 N–H and O–H groups in total. The van der Waals surface area contributed by atoms with Gasteiger partial charge in [-0.25, -0.2) is 4.98 Å². The number of aromatic amines is 1. The predicted octanol–water partition coefficient (Wildman–Crippen LogP) is 6.00. The number of H-pyrrole nitrogens is 1. The Hall–Kier alpha value is -2.43. The highest BCUT2D eigenvalue weighted by molar-refractivity contribution is 7.71. The van der Waals surface area contributed by atoms with Crippen LogP contribution in [0.2, 0.25) is 5.02 Å². The molecule has 3 nitrogen and oxygen atoms in total. The fourth-order valence-electron chi connectivity index (χ4n) is 2.90. The Labute approximate surface area is 155 Å². The maximum atomic E-state index is 6.01. The van der Waals surface area contributed by atoms with Gasteiger partial charge in [-0.05, 0) is 66.5 Å². The third-order valence-electron chi connectivity index (χ3n) is 4.49. The molecule has 0 aliphatic carbocycles. The molecular formula is C20H16ClN3S. The second-order valence-corrected chi connectivity index (χ2v) is 6.95. The number of halogens is 1. The van der Waals surface area contributed by atoms with Crippen molar-refractivity contribution in [3.8, 4) is 22.4 Å². The lowest BCUT2D eigenvalue weighted by Crippen LogP contribution is -1.92.